The van der Waals surface area contributed by atoms with E-state index in [1.54, 1.807) is 0 Å². The van der Waals surface area contributed by atoms with Gasteiger partial charge < -0.3 is 5.73 Å². The van der Waals surface area contributed by atoms with Crippen LogP contribution in [0, 0.1) is 16.7 Å². The third-order valence-electron chi connectivity index (χ3n) is 4.07. The number of nitrogens with two attached hydrogens (primary N) is 1. The topological polar surface area (TPSA) is 87.2 Å². The molecule has 1 aromatic carbocycles. The quantitative estimate of drug-likeness (QED) is 0.867. The molecule has 0 amide bonds. The summed E-state index contributed by atoms with van der Waals surface area (Å²) in [5.41, 5.74) is 3.43. The van der Waals surface area contributed by atoms with Crippen LogP contribution in [0.15, 0.2) is 23.1 Å². The van der Waals surface area contributed by atoms with E-state index in [1.807, 2.05) is 6.92 Å². The molecule has 5 nitrogen and oxygen atoms in total. The maximum absolute atomic E-state index is 12.8. The molecule has 1 fully saturated rings. The van der Waals surface area contributed by atoms with Crippen molar-refractivity contribution in [2.75, 3.05) is 19.6 Å². The first-order valence-corrected chi connectivity index (χ1v) is 8.29. The summed E-state index contributed by atoms with van der Waals surface area (Å²) < 4.78 is 64.7. The van der Waals surface area contributed by atoms with Crippen molar-refractivity contribution in [3.63, 3.8) is 0 Å². The van der Waals surface area contributed by atoms with Crippen LogP contribution in [0.5, 0.6) is 0 Å². The first-order chi connectivity index (χ1) is 10.5. The van der Waals surface area contributed by atoms with E-state index in [2.05, 4.69) is 0 Å². The van der Waals surface area contributed by atoms with E-state index in [0.717, 1.165) is 12.1 Å². The summed E-state index contributed by atoms with van der Waals surface area (Å²) in [5, 5.41) is 8.88. The lowest BCUT2D eigenvalue weighted by Crippen LogP contribution is -2.34. The number of rotatable bonds is 3. The average Bonchev–Trinajstić information content (AvgIpc) is 2.89. The molecule has 134 valence electrons. The highest BCUT2D eigenvalue weighted by Crippen LogP contribution is 2.35. The van der Waals surface area contributed by atoms with Gasteiger partial charge in [0.25, 0.3) is 0 Å². The van der Waals surface area contributed by atoms with Gasteiger partial charge in [-0.2, -0.15) is 22.7 Å². The number of nitrogens with zero attached hydrogens (tertiary/aromatic N) is 2. The first-order valence-electron chi connectivity index (χ1n) is 6.85. The van der Waals surface area contributed by atoms with E-state index in [0.29, 0.717) is 19.0 Å². The van der Waals surface area contributed by atoms with Gasteiger partial charge in [-0.1, -0.05) is 6.92 Å². The van der Waals surface area contributed by atoms with Crippen molar-refractivity contribution >= 4 is 22.4 Å². The van der Waals surface area contributed by atoms with Crippen LogP contribution in [-0.2, 0) is 16.2 Å². The molecule has 2 rings (SSSR count). The number of hydrogen-bond donors (Lipinski definition) is 1. The zero-order chi connectivity index (χ0) is 17.5. The van der Waals surface area contributed by atoms with Gasteiger partial charge in [0.1, 0.15) is 0 Å². The van der Waals surface area contributed by atoms with Crippen molar-refractivity contribution in [1.82, 2.24) is 4.31 Å². The van der Waals surface area contributed by atoms with Crippen LogP contribution in [-0.4, -0.2) is 32.4 Å². The number of hydrogen-bond acceptors (Lipinski definition) is 4. The molecular weight excluding hydrogens is 367 g/mol. The Labute approximate surface area is 144 Å². The molecular formula is C14H17ClF3N3O2S. The van der Waals surface area contributed by atoms with Crippen LogP contribution < -0.4 is 5.73 Å². The van der Waals surface area contributed by atoms with E-state index in [9.17, 15) is 21.6 Å². The lowest BCUT2D eigenvalue weighted by Gasteiger charge is -2.22. The van der Waals surface area contributed by atoms with Gasteiger partial charge in [-0.25, -0.2) is 8.42 Å². The smallest absolute Gasteiger partial charge is 0.330 e. The molecule has 24 heavy (non-hydrogen) atoms. The Morgan fingerprint density at radius 3 is 2.50 bits per heavy atom. The summed E-state index contributed by atoms with van der Waals surface area (Å²) in [6, 6.07) is 3.70. The maximum Gasteiger partial charge on any atom is 0.417 e. The summed E-state index contributed by atoms with van der Waals surface area (Å²) in [6.07, 6.45) is -4.13. The molecule has 1 saturated heterocycles. The molecule has 0 aromatic heterocycles. The summed E-state index contributed by atoms with van der Waals surface area (Å²) in [4.78, 5) is -0.316. The van der Waals surface area contributed by atoms with Crippen LogP contribution in [0.25, 0.3) is 0 Å². The highest BCUT2D eigenvalue weighted by molar-refractivity contribution is 7.89. The molecule has 1 atom stereocenters. The third kappa shape index (κ3) is 3.83. The van der Waals surface area contributed by atoms with Crippen LogP contribution >= 0.6 is 12.4 Å². The zero-order valence-corrected chi connectivity index (χ0v) is 14.4. The van der Waals surface area contributed by atoms with Gasteiger partial charge in [-0.15, -0.1) is 12.4 Å². The predicted octanol–water partition coefficient (Wildman–Crippen LogP) is 2.36. The third-order valence-corrected chi connectivity index (χ3v) is 5.91. The molecule has 1 aromatic rings. The fraction of sp³-hybridized carbons (Fsp3) is 0.500. The second-order valence-electron chi connectivity index (χ2n) is 5.92. The van der Waals surface area contributed by atoms with Crippen LogP contribution in [0.1, 0.15) is 24.5 Å². The standard InChI is InChI=1S/C14H16F3N3O2S.ClH/c1-13(8-19)4-5-20(9-13)23(21,22)11-2-3-12(14(15,16)17)10(6-11)7-18;/h2-3,6H,4-5,8-9,19H2,1H3;1H. The average molecular weight is 384 g/mol. The Hall–Kier alpha value is -1.34. The number of benzene rings is 1. The maximum atomic E-state index is 12.8. The number of halogens is 4. The SMILES string of the molecule is CC1(CN)CCN(S(=O)(=O)c2ccc(C(F)(F)F)c(C#N)c2)C1.Cl. The van der Waals surface area contributed by atoms with E-state index < -0.39 is 27.3 Å². The normalized spacial score (nSPS) is 22.0. The molecule has 1 unspecified atom stereocenters. The summed E-state index contributed by atoms with van der Waals surface area (Å²) in [6.45, 7) is 2.62. The zero-order valence-electron chi connectivity index (χ0n) is 12.8. The Kier molecular flexibility index (Phi) is 5.93. The van der Waals surface area contributed by atoms with Gasteiger partial charge in [0, 0.05) is 13.1 Å². The van der Waals surface area contributed by atoms with Crippen LogP contribution in [0.2, 0.25) is 0 Å². The Bertz CT molecular complexity index is 762. The molecule has 1 aliphatic rings. The molecule has 0 spiro atoms. The van der Waals surface area contributed by atoms with Crippen LogP contribution in [0.3, 0.4) is 0 Å². The Morgan fingerprint density at radius 2 is 2.04 bits per heavy atom. The van der Waals surface area contributed by atoms with Crippen molar-refractivity contribution in [2.45, 2.75) is 24.4 Å². The summed E-state index contributed by atoms with van der Waals surface area (Å²) >= 11 is 0. The van der Waals surface area contributed by atoms with E-state index in [-0.39, 0.29) is 35.8 Å². The van der Waals surface area contributed by atoms with Crippen LogP contribution in [0.4, 0.5) is 13.2 Å². The predicted molar refractivity (Wildman–Crippen MR) is 83.9 cm³/mol. The summed E-state index contributed by atoms with van der Waals surface area (Å²) in [7, 11) is -3.96. The molecule has 2 N–H and O–H groups in total. The molecule has 0 saturated carbocycles. The first kappa shape index (κ1) is 20.7. The minimum atomic E-state index is -4.71. The highest BCUT2D eigenvalue weighted by atomic mass is 35.5. The number of nitriles is 1. The van der Waals surface area contributed by atoms with E-state index in [4.69, 9.17) is 11.0 Å². The molecule has 1 aliphatic heterocycles. The molecule has 0 aliphatic carbocycles. The Balaban J connectivity index is 0.00000288. The van der Waals surface area contributed by atoms with Gasteiger partial charge >= 0.3 is 6.18 Å². The van der Waals surface area contributed by atoms with Gasteiger partial charge in [-0.05, 0) is 36.6 Å². The van der Waals surface area contributed by atoms with Gasteiger partial charge in [0.2, 0.25) is 10.0 Å². The number of alkyl halides is 3. The molecule has 0 radical (unpaired) electrons. The molecule has 0 bridgehead atoms. The van der Waals surface area contributed by atoms with Crippen molar-refractivity contribution in [2.24, 2.45) is 11.1 Å². The largest absolute Gasteiger partial charge is 0.417 e. The van der Waals surface area contributed by atoms with Gasteiger partial charge in [0.05, 0.1) is 22.1 Å². The second-order valence-corrected chi connectivity index (χ2v) is 7.86. The van der Waals surface area contributed by atoms with Crippen molar-refractivity contribution < 1.29 is 21.6 Å². The monoisotopic (exact) mass is 383 g/mol. The van der Waals surface area contributed by atoms with Crippen molar-refractivity contribution in [3.8, 4) is 6.07 Å². The molecule has 1 heterocycles. The van der Waals surface area contributed by atoms with Gasteiger partial charge in [0.15, 0.2) is 0 Å². The fourth-order valence-electron chi connectivity index (χ4n) is 2.52. The lowest BCUT2D eigenvalue weighted by molar-refractivity contribution is -0.137. The molecule has 10 heteroatoms. The lowest BCUT2D eigenvalue weighted by atomic mass is 9.90. The van der Waals surface area contributed by atoms with E-state index >= 15 is 0 Å². The summed E-state index contributed by atoms with van der Waals surface area (Å²) in [5.74, 6) is 0. The minimum absolute atomic E-state index is 0. The van der Waals surface area contributed by atoms with Gasteiger partial charge in [-0.3, -0.25) is 0 Å². The minimum Gasteiger partial charge on any atom is -0.330 e. The Morgan fingerprint density at radius 1 is 1.42 bits per heavy atom. The number of sulfonamides is 1. The second kappa shape index (κ2) is 6.88. The van der Waals surface area contributed by atoms with Crippen molar-refractivity contribution in [3.05, 3.63) is 29.3 Å². The van der Waals surface area contributed by atoms with E-state index in [1.165, 1.54) is 10.4 Å². The fourth-order valence-corrected chi connectivity index (χ4v) is 4.14. The highest BCUT2D eigenvalue weighted by Gasteiger charge is 2.40. The van der Waals surface area contributed by atoms with Crippen molar-refractivity contribution in [1.29, 1.82) is 5.26 Å².